The minimum atomic E-state index is -0.597. The number of aromatic nitrogens is 3. The molecular formula is C11H9BrF2N4. The third-order valence-corrected chi connectivity index (χ3v) is 3.11. The fourth-order valence-corrected chi connectivity index (χ4v) is 2.42. The Bertz CT molecular complexity index is 578. The molecule has 0 bridgehead atoms. The van der Waals surface area contributed by atoms with E-state index in [4.69, 9.17) is 0 Å². The Morgan fingerprint density at radius 2 is 1.83 bits per heavy atom. The summed E-state index contributed by atoms with van der Waals surface area (Å²) in [4.78, 5) is 5.98. The van der Waals surface area contributed by atoms with Crippen molar-refractivity contribution in [3.05, 3.63) is 34.6 Å². The van der Waals surface area contributed by atoms with E-state index < -0.39 is 11.6 Å². The van der Waals surface area contributed by atoms with Gasteiger partial charge in [0.05, 0.1) is 0 Å². The average molecular weight is 315 g/mol. The van der Waals surface area contributed by atoms with Crippen molar-refractivity contribution in [2.45, 2.75) is 13.0 Å². The van der Waals surface area contributed by atoms with Crippen molar-refractivity contribution in [2.75, 3.05) is 11.4 Å². The highest BCUT2D eigenvalue weighted by Crippen LogP contribution is 2.29. The molecule has 0 aliphatic carbocycles. The van der Waals surface area contributed by atoms with Crippen LogP contribution in [0.3, 0.4) is 0 Å². The summed E-state index contributed by atoms with van der Waals surface area (Å²) in [7, 11) is 0. The van der Waals surface area contributed by atoms with E-state index in [0.29, 0.717) is 22.9 Å². The van der Waals surface area contributed by atoms with E-state index in [9.17, 15) is 8.78 Å². The van der Waals surface area contributed by atoms with Crippen LogP contribution in [-0.2, 0) is 6.54 Å². The van der Waals surface area contributed by atoms with Gasteiger partial charge < -0.3 is 4.90 Å². The highest BCUT2D eigenvalue weighted by atomic mass is 79.9. The first-order valence-electron chi connectivity index (χ1n) is 5.47. The van der Waals surface area contributed by atoms with Gasteiger partial charge in [0, 0.05) is 24.8 Å². The van der Waals surface area contributed by atoms with Crippen LogP contribution in [0.5, 0.6) is 0 Å². The number of rotatable bonds is 1. The van der Waals surface area contributed by atoms with Crippen molar-refractivity contribution in [3.63, 3.8) is 0 Å². The van der Waals surface area contributed by atoms with Crippen LogP contribution in [0.1, 0.15) is 6.42 Å². The molecule has 0 N–H and O–H groups in total. The molecule has 18 heavy (non-hydrogen) atoms. The maximum Gasteiger partial charge on any atom is 0.229 e. The zero-order chi connectivity index (χ0) is 12.7. The van der Waals surface area contributed by atoms with E-state index in [2.05, 4.69) is 26.0 Å². The number of halogens is 3. The lowest BCUT2D eigenvalue weighted by molar-refractivity contribution is 0.534. The van der Waals surface area contributed by atoms with Crippen LogP contribution >= 0.6 is 15.9 Å². The molecule has 7 heteroatoms. The van der Waals surface area contributed by atoms with Gasteiger partial charge in [0.1, 0.15) is 11.6 Å². The molecule has 4 nitrogen and oxygen atoms in total. The van der Waals surface area contributed by atoms with Crippen molar-refractivity contribution >= 4 is 27.6 Å². The van der Waals surface area contributed by atoms with Crippen molar-refractivity contribution in [2.24, 2.45) is 0 Å². The van der Waals surface area contributed by atoms with Crippen LogP contribution in [-0.4, -0.2) is 21.3 Å². The smallest absolute Gasteiger partial charge is 0.229 e. The Balaban J connectivity index is 2.07. The number of benzene rings is 1. The first-order chi connectivity index (χ1) is 8.63. The van der Waals surface area contributed by atoms with Gasteiger partial charge in [0.25, 0.3) is 0 Å². The molecule has 0 unspecified atom stereocenters. The fraction of sp³-hybridized carbons (Fsp3) is 0.273. The molecule has 0 amide bonds. The van der Waals surface area contributed by atoms with Crippen molar-refractivity contribution in [1.29, 1.82) is 0 Å². The first-order valence-corrected chi connectivity index (χ1v) is 6.27. The molecule has 0 spiro atoms. The molecule has 2 aromatic rings. The van der Waals surface area contributed by atoms with Crippen molar-refractivity contribution in [3.8, 4) is 0 Å². The second kappa shape index (κ2) is 4.31. The van der Waals surface area contributed by atoms with Gasteiger partial charge in [-0.05, 0) is 34.5 Å². The third-order valence-electron chi connectivity index (χ3n) is 2.78. The van der Waals surface area contributed by atoms with Crippen molar-refractivity contribution < 1.29 is 8.78 Å². The molecule has 3 rings (SSSR count). The van der Waals surface area contributed by atoms with Gasteiger partial charge in [-0.15, -0.1) is 5.10 Å². The monoisotopic (exact) mass is 314 g/mol. The standard InChI is InChI=1S/C11H9BrF2N4/c12-10-15-11-17(2-1-3-18(11)16-10)9-5-7(13)4-8(14)6-9/h4-6H,1-3H2. The Kier molecular flexibility index (Phi) is 2.77. The second-order valence-corrected chi connectivity index (χ2v) is 4.75. The van der Waals surface area contributed by atoms with E-state index in [1.165, 1.54) is 12.1 Å². The molecule has 1 aromatic heterocycles. The Labute approximate surface area is 110 Å². The molecular weight excluding hydrogens is 306 g/mol. The average Bonchev–Trinajstić information content (AvgIpc) is 2.67. The maximum absolute atomic E-state index is 13.2. The van der Waals surface area contributed by atoms with E-state index >= 15 is 0 Å². The van der Waals surface area contributed by atoms with Crippen LogP contribution in [0, 0.1) is 11.6 Å². The lowest BCUT2D eigenvalue weighted by Gasteiger charge is -2.27. The van der Waals surface area contributed by atoms with E-state index in [1.807, 2.05) is 0 Å². The zero-order valence-corrected chi connectivity index (χ0v) is 10.9. The minimum absolute atomic E-state index is 0.452. The summed E-state index contributed by atoms with van der Waals surface area (Å²) >= 11 is 3.20. The number of nitrogens with zero attached hydrogens (tertiary/aromatic N) is 4. The lowest BCUT2D eigenvalue weighted by atomic mass is 10.2. The predicted molar refractivity (Wildman–Crippen MR) is 65.7 cm³/mol. The summed E-state index contributed by atoms with van der Waals surface area (Å²) in [5.74, 6) is -0.598. The molecule has 0 saturated carbocycles. The van der Waals surface area contributed by atoms with Gasteiger partial charge in [-0.1, -0.05) is 0 Å². The molecule has 0 radical (unpaired) electrons. The molecule has 0 atom stereocenters. The summed E-state index contributed by atoms with van der Waals surface area (Å²) in [6.07, 6.45) is 0.848. The lowest BCUT2D eigenvalue weighted by Crippen LogP contribution is -2.28. The highest BCUT2D eigenvalue weighted by molar-refractivity contribution is 9.10. The summed E-state index contributed by atoms with van der Waals surface area (Å²) in [6.45, 7) is 1.41. The summed E-state index contributed by atoms with van der Waals surface area (Å²) in [6, 6.07) is 3.44. The molecule has 0 saturated heterocycles. The van der Waals surface area contributed by atoms with Crippen LogP contribution in [0.15, 0.2) is 22.9 Å². The summed E-state index contributed by atoms with van der Waals surface area (Å²) < 4.78 is 28.7. The predicted octanol–water partition coefficient (Wildman–Crippen LogP) is 2.86. The molecule has 1 aliphatic heterocycles. The van der Waals surface area contributed by atoms with E-state index in [-0.39, 0.29) is 0 Å². The minimum Gasteiger partial charge on any atom is -0.310 e. The molecule has 1 aromatic carbocycles. The zero-order valence-electron chi connectivity index (χ0n) is 9.28. The number of hydrogen-bond donors (Lipinski definition) is 0. The number of hydrogen-bond acceptors (Lipinski definition) is 3. The largest absolute Gasteiger partial charge is 0.310 e. The SMILES string of the molecule is Fc1cc(F)cc(N2CCCn3nc(Br)nc32)c1. The highest BCUT2D eigenvalue weighted by Gasteiger charge is 2.22. The van der Waals surface area contributed by atoms with Gasteiger partial charge in [-0.3, -0.25) is 0 Å². The topological polar surface area (TPSA) is 34.0 Å². The molecule has 2 heterocycles. The summed E-state index contributed by atoms with van der Waals surface area (Å²) in [5.41, 5.74) is 0.452. The fourth-order valence-electron chi connectivity index (χ4n) is 2.07. The van der Waals surface area contributed by atoms with Crippen LogP contribution in [0.2, 0.25) is 0 Å². The van der Waals surface area contributed by atoms with Gasteiger partial charge in [-0.25, -0.2) is 13.5 Å². The maximum atomic E-state index is 13.2. The number of anilines is 2. The van der Waals surface area contributed by atoms with Gasteiger partial charge in [-0.2, -0.15) is 4.98 Å². The molecule has 0 fully saturated rings. The molecule has 1 aliphatic rings. The second-order valence-electron chi connectivity index (χ2n) is 4.04. The Hall–Kier alpha value is -1.50. The normalized spacial score (nSPS) is 14.7. The first kappa shape index (κ1) is 11.6. The van der Waals surface area contributed by atoms with E-state index in [0.717, 1.165) is 19.0 Å². The Morgan fingerprint density at radius 1 is 1.11 bits per heavy atom. The number of fused-ring (bicyclic) bond motifs is 1. The number of aryl methyl sites for hydroxylation is 1. The van der Waals surface area contributed by atoms with Crippen LogP contribution in [0.25, 0.3) is 0 Å². The van der Waals surface area contributed by atoms with Gasteiger partial charge in [0.15, 0.2) is 0 Å². The van der Waals surface area contributed by atoms with E-state index in [1.54, 1.807) is 9.58 Å². The van der Waals surface area contributed by atoms with Crippen LogP contribution < -0.4 is 4.90 Å². The Morgan fingerprint density at radius 3 is 2.56 bits per heavy atom. The third kappa shape index (κ3) is 1.98. The summed E-state index contributed by atoms with van der Waals surface area (Å²) in [5, 5.41) is 4.16. The van der Waals surface area contributed by atoms with Gasteiger partial charge in [0.2, 0.25) is 10.7 Å². The quantitative estimate of drug-likeness (QED) is 0.811. The van der Waals surface area contributed by atoms with Gasteiger partial charge >= 0.3 is 0 Å². The molecule has 94 valence electrons. The van der Waals surface area contributed by atoms with Crippen molar-refractivity contribution in [1.82, 2.24) is 14.8 Å². The van der Waals surface area contributed by atoms with Crippen LogP contribution in [0.4, 0.5) is 20.4 Å².